The van der Waals surface area contributed by atoms with E-state index in [0.29, 0.717) is 45.9 Å². The zero-order chi connectivity index (χ0) is 35.8. The Morgan fingerprint density at radius 3 is 2.33 bits per heavy atom. The highest BCUT2D eigenvalue weighted by Gasteiger charge is 2.37. The minimum atomic E-state index is -0.851. The molecule has 1 spiro atoms. The molecule has 3 aromatic heterocycles. The summed E-state index contributed by atoms with van der Waals surface area (Å²) in [6, 6.07) is 17.4. The number of thiophene rings is 2. The van der Waals surface area contributed by atoms with Crippen LogP contribution in [0.4, 0.5) is 31.7 Å². The molecule has 52 heavy (non-hydrogen) atoms. The predicted molar refractivity (Wildman–Crippen MR) is 200 cm³/mol. The molecule has 0 bridgehead atoms. The van der Waals surface area contributed by atoms with E-state index < -0.39 is 23.2 Å². The van der Waals surface area contributed by atoms with Gasteiger partial charge in [0, 0.05) is 50.3 Å². The summed E-state index contributed by atoms with van der Waals surface area (Å²) in [5.74, 6) is -2.08. The quantitative estimate of drug-likeness (QED) is 0.182. The zero-order valence-corrected chi connectivity index (χ0v) is 29.8. The van der Waals surface area contributed by atoms with E-state index in [0.717, 1.165) is 85.1 Å². The number of amides is 3. The van der Waals surface area contributed by atoms with Crippen molar-refractivity contribution in [3.63, 3.8) is 0 Å². The van der Waals surface area contributed by atoms with Gasteiger partial charge in [-0.25, -0.2) is 13.8 Å². The van der Waals surface area contributed by atoms with Gasteiger partial charge in [-0.05, 0) is 109 Å². The molecule has 8 rings (SSSR count). The van der Waals surface area contributed by atoms with Gasteiger partial charge >= 0.3 is 0 Å². The predicted octanol–water partition coefficient (Wildman–Crippen LogP) is 8.25. The number of nitrogens with zero attached hydrogens (tertiary/aromatic N) is 3. The third-order valence-corrected chi connectivity index (χ3v) is 12.6. The van der Waals surface area contributed by atoms with Crippen LogP contribution in [0.5, 0.6) is 0 Å². The van der Waals surface area contributed by atoms with Crippen LogP contribution in [0.15, 0.2) is 78.3 Å². The van der Waals surface area contributed by atoms with E-state index in [1.807, 2.05) is 11.4 Å². The lowest BCUT2D eigenvalue weighted by Crippen LogP contribution is -2.43. The number of fused-ring (bicyclic) bond motifs is 3. The van der Waals surface area contributed by atoms with Crippen LogP contribution in [0.3, 0.4) is 0 Å². The van der Waals surface area contributed by atoms with Crippen LogP contribution < -0.4 is 20.4 Å². The van der Waals surface area contributed by atoms with Crippen LogP contribution in [-0.4, -0.2) is 55.6 Å². The standard InChI is InChI=1S/C39H35F2N5O4S2/c40-28-4-1-5-29(41)32(28)44-37(48)31-23-25-10-17-46(30-11-22-51-34(30)33(25)52-31)38(49)24-6-8-26(9-7-24)43-36(47)27-3-2-16-42-35(27)45-18-12-39(13-19-45)14-20-50-21-15-39/h1-9,11,16,22-23H,10,12-15,17-21H2,(H,43,47)(H,44,48). The molecule has 2 fully saturated rings. The molecule has 9 nitrogen and oxygen atoms in total. The first-order valence-corrected chi connectivity index (χ1v) is 19.0. The minimum Gasteiger partial charge on any atom is -0.381 e. The molecule has 0 atom stereocenters. The van der Waals surface area contributed by atoms with Gasteiger partial charge in [0.25, 0.3) is 17.7 Å². The number of para-hydroxylation sites is 1. The number of carbonyl (C=O) groups excluding carboxylic acids is 3. The summed E-state index contributed by atoms with van der Waals surface area (Å²) in [5.41, 5.74) is 2.97. The number of benzene rings is 2. The lowest BCUT2D eigenvalue weighted by atomic mass is 9.72. The number of aromatic nitrogens is 1. The number of hydrogen-bond donors (Lipinski definition) is 2. The summed E-state index contributed by atoms with van der Waals surface area (Å²) < 4.78 is 34.0. The van der Waals surface area contributed by atoms with Crippen LogP contribution in [0.1, 0.15) is 61.6 Å². The van der Waals surface area contributed by atoms with Gasteiger partial charge in [0.15, 0.2) is 0 Å². The Hall–Kier alpha value is -4.98. The van der Waals surface area contributed by atoms with Crippen molar-refractivity contribution in [3.8, 4) is 9.75 Å². The van der Waals surface area contributed by atoms with Gasteiger partial charge in [-0.1, -0.05) is 6.07 Å². The Labute approximate surface area is 307 Å². The van der Waals surface area contributed by atoms with Gasteiger partial charge in [0.1, 0.15) is 23.1 Å². The molecule has 0 unspecified atom stereocenters. The van der Waals surface area contributed by atoms with Crippen molar-refractivity contribution in [1.29, 1.82) is 0 Å². The van der Waals surface area contributed by atoms with Crippen molar-refractivity contribution in [2.24, 2.45) is 5.41 Å². The van der Waals surface area contributed by atoms with Crippen molar-refractivity contribution in [1.82, 2.24) is 4.98 Å². The molecule has 3 aliphatic rings. The van der Waals surface area contributed by atoms with E-state index in [1.54, 1.807) is 53.6 Å². The summed E-state index contributed by atoms with van der Waals surface area (Å²) in [7, 11) is 0. The number of piperidine rings is 1. The summed E-state index contributed by atoms with van der Waals surface area (Å²) >= 11 is 2.69. The Morgan fingerprint density at radius 2 is 1.58 bits per heavy atom. The second-order valence-electron chi connectivity index (χ2n) is 13.4. The largest absolute Gasteiger partial charge is 0.381 e. The van der Waals surface area contributed by atoms with Crippen LogP contribution in [0.2, 0.25) is 0 Å². The number of rotatable bonds is 6. The number of anilines is 4. The van der Waals surface area contributed by atoms with Crippen LogP contribution in [0.25, 0.3) is 9.75 Å². The van der Waals surface area contributed by atoms with E-state index >= 15 is 0 Å². The molecular weight excluding hydrogens is 705 g/mol. The first-order valence-electron chi connectivity index (χ1n) is 17.3. The normalized spacial score (nSPS) is 16.5. The van der Waals surface area contributed by atoms with E-state index in [9.17, 15) is 23.2 Å². The SMILES string of the molecule is O=C(Nc1c(F)cccc1F)c1cc2c(s1)-c1sccc1N(C(=O)c1ccc(NC(=O)c3cccnc3N3CCC4(CCOCC4)CC3)cc1)CC2. The Balaban J connectivity index is 0.943. The molecule has 0 radical (unpaired) electrons. The van der Waals surface area contributed by atoms with Crippen LogP contribution in [-0.2, 0) is 11.2 Å². The maximum atomic E-state index is 14.2. The van der Waals surface area contributed by atoms with Gasteiger partial charge < -0.3 is 25.2 Å². The van der Waals surface area contributed by atoms with Gasteiger partial charge in [-0.3, -0.25) is 14.4 Å². The molecule has 266 valence electrons. The van der Waals surface area contributed by atoms with Crippen LogP contribution in [0, 0.1) is 17.0 Å². The summed E-state index contributed by atoms with van der Waals surface area (Å²) in [5, 5.41) is 7.25. The van der Waals surface area contributed by atoms with E-state index in [2.05, 4.69) is 20.5 Å². The Morgan fingerprint density at radius 1 is 0.827 bits per heavy atom. The summed E-state index contributed by atoms with van der Waals surface area (Å²) in [6.45, 7) is 3.69. The maximum Gasteiger partial charge on any atom is 0.265 e. The van der Waals surface area contributed by atoms with Crippen molar-refractivity contribution in [3.05, 3.63) is 112 Å². The molecule has 2 N–H and O–H groups in total. The molecule has 5 aromatic rings. The molecule has 2 aromatic carbocycles. The molecule has 3 aliphatic heterocycles. The highest BCUT2D eigenvalue weighted by molar-refractivity contribution is 7.23. The number of hydrogen-bond acceptors (Lipinski definition) is 8. The first-order chi connectivity index (χ1) is 25.3. The highest BCUT2D eigenvalue weighted by atomic mass is 32.1. The van der Waals surface area contributed by atoms with Crippen molar-refractivity contribution >= 4 is 63.3 Å². The fraction of sp³-hybridized carbons (Fsp3) is 0.282. The summed E-state index contributed by atoms with van der Waals surface area (Å²) in [6.07, 6.45) is 6.48. The average molecular weight is 740 g/mol. The molecule has 13 heteroatoms. The number of carbonyl (C=O) groups is 3. The fourth-order valence-electron chi connectivity index (χ4n) is 7.33. The van der Waals surface area contributed by atoms with E-state index in [1.165, 1.54) is 28.7 Å². The number of halogens is 2. The van der Waals surface area contributed by atoms with Crippen molar-refractivity contribution < 1.29 is 27.9 Å². The van der Waals surface area contributed by atoms with E-state index in [4.69, 9.17) is 4.74 Å². The smallest absolute Gasteiger partial charge is 0.265 e. The second-order valence-corrected chi connectivity index (χ2v) is 15.3. The molecule has 6 heterocycles. The number of pyridine rings is 1. The van der Waals surface area contributed by atoms with Gasteiger partial charge in [0.2, 0.25) is 0 Å². The van der Waals surface area contributed by atoms with Crippen LogP contribution >= 0.6 is 22.7 Å². The monoisotopic (exact) mass is 739 g/mol. The third kappa shape index (κ3) is 6.59. The van der Waals surface area contributed by atoms with Gasteiger partial charge in [-0.2, -0.15) is 0 Å². The Kier molecular flexibility index (Phi) is 9.32. The van der Waals surface area contributed by atoms with Crippen molar-refractivity contribution in [2.75, 3.05) is 53.3 Å². The lowest BCUT2D eigenvalue weighted by molar-refractivity contribution is 0.00205. The molecule has 0 aliphatic carbocycles. The molecule has 2 saturated heterocycles. The number of ether oxygens (including phenoxy) is 1. The number of nitrogens with one attached hydrogen (secondary N) is 2. The maximum absolute atomic E-state index is 14.2. The molecule has 0 saturated carbocycles. The van der Waals surface area contributed by atoms with Gasteiger partial charge in [0.05, 0.1) is 25.9 Å². The van der Waals surface area contributed by atoms with Crippen molar-refractivity contribution in [2.45, 2.75) is 32.1 Å². The lowest BCUT2D eigenvalue weighted by Gasteiger charge is -2.44. The average Bonchev–Trinajstić information content (AvgIpc) is 3.79. The first kappa shape index (κ1) is 34.1. The second kappa shape index (κ2) is 14.2. The van der Waals surface area contributed by atoms with Gasteiger partial charge in [-0.15, -0.1) is 22.7 Å². The summed E-state index contributed by atoms with van der Waals surface area (Å²) in [4.78, 5) is 51.0. The van der Waals surface area contributed by atoms with E-state index in [-0.39, 0.29) is 11.8 Å². The third-order valence-electron chi connectivity index (χ3n) is 10.3. The Bertz CT molecular complexity index is 2130. The molecular formula is C39H35F2N5O4S2. The minimum absolute atomic E-state index is 0.192. The fourth-order valence-corrected chi connectivity index (χ4v) is 9.53. The molecule has 3 amide bonds. The topological polar surface area (TPSA) is 104 Å². The highest BCUT2D eigenvalue weighted by Crippen LogP contribution is 2.46. The zero-order valence-electron chi connectivity index (χ0n) is 28.1.